The molecule has 2 rings (SSSR count). The Kier molecular flexibility index (Phi) is 4.18. The van der Waals surface area contributed by atoms with Gasteiger partial charge >= 0.3 is 0 Å². The first-order chi connectivity index (χ1) is 8.20. The van der Waals surface area contributed by atoms with Gasteiger partial charge in [-0.05, 0) is 26.4 Å². The highest BCUT2D eigenvalue weighted by Gasteiger charge is 2.21. The molecule has 1 aromatic heterocycles. The van der Waals surface area contributed by atoms with Crippen molar-refractivity contribution in [2.24, 2.45) is 0 Å². The minimum atomic E-state index is 0.0663. The molecule has 2 atom stereocenters. The molecule has 0 saturated carbocycles. The summed E-state index contributed by atoms with van der Waals surface area (Å²) in [5, 5.41) is 9.07. The van der Waals surface area contributed by atoms with Crippen LogP contribution < -0.4 is 0 Å². The van der Waals surface area contributed by atoms with Crippen LogP contribution in [-0.4, -0.2) is 41.2 Å². The van der Waals surface area contributed by atoms with E-state index in [0.29, 0.717) is 6.04 Å². The summed E-state index contributed by atoms with van der Waals surface area (Å²) in [6.07, 6.45) is 6.39. The van der Waals surface area contributed by atoms with E-state index in [-0.39, 0.29) is 12.5 Å². The van der Waals surface area contributed by atoms with Crippen molar-refractivity contribution in [3.8, 4) is 0 Å². The number of aliphatic hydroxyl groups is 1. The van der Waals surface area contributed by atoms with Gasteiger partial charge in [-0.25, -0.2) is 4.98 Å². The molecule has 4 heteroatoms. The molecule has 1 aromatic rings. The quantitative estimate of drug-likeness (QED) is 0.869. The van der Waals surface area contributed by atoms with Crippen LogP contribution in [-0.2, 0) is 6.42 Å². The Balaban J connectivity index is 1.96. The second-order valence-corrected chi connectivity index (χ2v) is 5.08. The van der Waals surface area contributed by atoms with E-state index in [1.165, 1.54) is 25.8 Å². The Hall–Kier alpha value is -0.870. The zero-order chi connectivity index (χ0) is 12.3. The van der Waals surface area contributed by atoms with Gasteiger partial charge in [0.15, 0.2) is 5.89 Å². The molecule has 1 aliphatic heterocycles. The molecule has 0 aromatic carbocycles. The monoisotopic (exact) mass is 238 g/mol. The van der Waals surface area contributed by atoms with Crippen LogP contribution in [0.2, 0.25) is 0 Å². The number of likely N-dealkylation sites (N-methyl/N-ethyl adjacent to an activating group) is 1. The van der Waals surface area contributed by atoms with Crippen molar-refractivity contribution in [1.29, 1.82) is 0 Å². The van der Waals surface area contributed by atoms with Crippen LogP contribution in [0.3, 0.4) is 0 Å². The summed E-state index contributed by atoms with van der Waals surface area (Å²) < 4.78 is 5.49. The Morgan fingerprint density at radius 3 is 3.12 bits per heavy atom. The third-order valence-electron chi connectivity index (χ3n) is 3.68. The first kappa shape index (κ1) is 12.6. The highest BCUT2D eigenvalue weighted by Crippen LogP contribution is 2.20. The minimum absolute atomic E-state index is 0.0663. The van der Waals surface area contributed by atoms with Gasteiger partial charge in [0.1, 0.15) is 6.26 Å². The fourth-order valence-corrected chi connectivity index (χ4v) is 2.34. The van der Waals surface area contributed by atoms with Gasteiger partial charge in [0.05, 0.1) is 12.3 Å². The predicted octanol–water partition coefficient (Wildman–Crippen LogP) is 1.80. The summed E-state index contributed by atoms with van der Waals surface area (Å²) in [4.78, 5) is 6.85. The SMILES string of the molecule is CC(CO)c1coc(CC2CCCCN2C)n1. The maximum absolute atomic E-state index is 9.07. The van der Waals surface area contributed by atoms with Crippen molar-refractivity contribution in [3.05, 3.63) is 17.8 Å². The fourth-order valence-electron chi connectivity index (χ4n) is 2.34. The van der Waals surface area contributed by atoms with E-state index in [1.54, 1.807) is 6.26 Å². The van der Waals surface area contributed by atoms with Crippen LogP contribution in [0.4, 0.5) is 0 Å². The molecule has 0 aliphatic carbocycles. The van der Waals surface area contributed by atoms with Crippen molar-refractivity contribution >= 4 is 0 Å². The largest absolute Gasteiger partial charge is 0.449 e. The second-order valence-electron chi connectivity index (χ2n) is 5.08. The van der Waals surface area contributed by atoms with Gasteiger partial charge in [0.25, 0.3) is 0 Å². The number of hydrogen-bond acceptors (Lipinski definition) is 4. The minimum Gasteiger partial charge on any atom is -0.449 e. The fraction of sp³-hybridized carbons (Fsp3) is 0.769. The van der Waals surface area contributed by atoms with Gasteiger partial charge in [0.2, 0.25) is 0 Å². The van der Waals surface area contributed by atoms with E-state index in [1.807, 2.05) is 6.92 Å². The average Bonchev–Trinajstić information content (AvgIpc) is 2.80. The highest BCUT2D eigenvalue weighted by atomic mass is 16.3. The maximum atomic E-state index is 9.07. The molecule has 17 heavy (non-hydrogen) atoms. The summed E-state index contributed by atoms with van der Waals surface area (Å²) >= 11 is 0. The Morgan fingerprint density at radius 1 is 1.59 bits per heavy atom. The van der Waals surface area contributed by atoms with Crippen LogP contribution in [0.25, 0.3) is 0 Å². The number of piperidine rings is 1. The smallest absolute Gasteiger partial charge is 0.195 e. The lowest BCUT2D eigenvalue weighted by Gasteiger charge is -2.31. The third kappa shape index (κ3) is 3.07. The van der Waals surface area contributed by atoms with Gasteiger partial charge in [0, 0.05) is 18.4 Å². The van der Waals surface area contributed by atoms with Crippen LogP contribution in [0.5, 0.6) is 0 Å². The van der Waals surface area contributed by atoms with Crippen LogP contribution in [0, 0.1) is 0 Å². The van der Waals surface area contributed by atoms with Crippen molar-refractivity contribution in [1.82, 2.24) is 9.88 Å². The summed E-state index contributed by atoms with van der Waals surface area (Å²) in [6.45, 7) is 3.24. The van der Waals surface area contributed by atoms with Crippen LogP contribution in [0.15, 0.2) is 10.7 Å². The van der Waals surface area contributed by atoms with Crippen molar-refractivity contribution in [3.63, 3.8) is 0 Å². The predicted molar refractivity (Wildman–Crippen MR) is 66.0 cm³/mol. The zero-order valence-corrected chi connectivity index (χ0v) is 10.7. The molecule has 0 radical (unpaired) electrons. The second kappa shape index (κ2) is 5.65. The van der Waals surface area contributed by atoms with E-state index < -0.39 is 0 Å². The number of likely N-dealkylation sites (tertiary alicyclic amines) is 1. The first-order valence-corrected chi connectivity index (χ1v) is 6.46. The number of nitrogens with zero attached hydrogens (tertiary/aromatic N) is 2. The average molecular weight is 238 g/mol. The number of hydrogen-bond donors (Lipinski definition) is 1. The van der Waals surface area contributed by atoms with Crippen molar-refractivity contribution in [2.75, 3.05) is 20.2 Å². The summed E-state index contributed by atoms with van der Waals surface area (Å²) in [6, 6.07) is 0.555. The summed E-state index contributed by atoms with van der Waals surface area (Å²) in [5.74, 6) is 0.871. The lowest BCUT2D eigenvalue weighted by atomic mass is 10.0. The van der Waals surface area contributed by atoms with Crippen LogP contribution >= 0.6 is 0 Å². The number of rotatable bonds is 4. The molecular formula is C13H22N2O2. The molecule has 0 amide bonds. The Labute approximate surface area is 103 Å². The van der Waals surface area contributed by atoms with E-state index in [4.69, 9.17) is 9.52 Å². The number of aliphatic hydroxyl groups excluding tert-OH is 1. The van der Waals surface area contributed by atoms with E-state index in [2.05, 4.69) is 16.9 Å². The normalized spacial score (nSPS) is 23.8. The zero-order valence-electron chi connectivity index (χ0n) is 10.7. The van der Waals surface area contributed by atoms with E-state index in [0.717, 1.165) is 18.0 Å². The number of oxazole rings is 1. The van der Waals surface area contributed by atoms with Gasteiger partial charge in [-0.1, -0.05) is 13.3 Å². The molecule has 1 saturated heterocycles. The van der Waals surface area contributed by atoms with Gasteiger partial charge in [-0.2, -0.15) is 0 Å². The third-order valence-corrected chi connectivity index (χ3v) is 3.68. The molecule has 2 heterocycles. The van der Waals surface area contributed by atoms with Gasteiger partial charge < -0.3 is 14.4 Å². The lowest BCUT2D eigenvalue weighted by molar-refractivity contribution is 0.177. The molecule has 4 nitrogen and oxygen atoms in total. The number of aromatic nitrogens is 1. The Bertz CT molecular complexity index is 351. The lowest BCUT2D eigenvalue weighted by Crippen LogP contribution is -2.37. The van der Waals surface area contributed by atoms with Crippen LogP contribution in [0.1, 0.15) is 43.7 Å². The molecule has 0 bridgehead atoms. The summed E-state index contributed by atoms with van der Waals surface area (Å²) in [7, 11) is 2.17. The molecule has 1 fully saturated rings. The van der Waals surface area contributed by atoms with E-state index in [9.17, 15) is 0 Å². The highest BCUT2D eigenvalue weighted by molar-refractivity contribution is 5.04. The van der Waals surface area contributed by atoms with Crippen molar-refractivity contribution in [2.45, 2.75) is 44.6 Å². The maximum Gasteiger partial charge on any atom is 0.195 e. The molecule has 96 valence electrons. The molecule has 0 spiro atoms. The Morgan fingerprint density at radius 2 is 2.41 bits per heavy atom. The molecule has 1 aliphatic rings. The van der Waals surface area contributed by atoms with E-state index >= 15 is 0 Å². The molecule has 2 unspecified atom stereocenters. The summed E-state index contributed by atoms with van der Waals surface area (Å²) in [5.41, 5.74) is 0.862. The van der Waals surface area contributed by atoms with Crippen molar-refractivity contribution < 1.29 is 9.52 Å². The van der Waals surface area contributed by atoms with Gasteiger partial charge in [-0.3, -0.25) is 0 Å². The molecule has 1 N–H and O–H groups in total. The standard InChI is InChI=1S/C13H22N2O2/c1-10(8-16)12-9-17-13(14-12)7-11-5-3-4-6-15(11)2/h9-11,16H,3-8H2,1-2H3. The topological polar surface area (TPSA) is 49.5 Å². The molecular weight excluding hydrogens is 216 g/mol. The van der Waals surface area contributed by atoms with Gasteiger partial charge in [-0.15, -0.1) is 0 Å². The first-order valence-electron chi connectivity index (χ1n) is 6.46.